The molecule has 3 rings (SSSR count). The molecule has 1 aromatic carbocycles. The lowest BCUT2D eigenvalue weighted by Gasteiger charge is -2.03. The summed E-state index contributed by atoms with van der Waals surface area (Å²) in [4.78, 5) is 8.26. The van der Waals surface area contributed by atoms with Crippen molar-refractivity contribution in [1.29, 1.82) is 0 Å². The summed E-state index contributed by atoms with van der Waals surface area (Å²) in [6, 6.07) is 5.64. The van der Waals surface area contributed by atoms with Crippen LogP contribution in [0.15, 0.2) is 29.1 Å². The van der Waals surface area contributed by atoms with Gasteiger partial charge in [0.25, 0.3) is 0 Å². The summed E-state index contributed by atoms with van der Waals surface area (Å²) < 4.78 is 11.8. The Morgan fingerprint density at radius 2 is 2.33 bits per heavy atom. The summed E-state index contributed by atoms with van der Waals surface area (Å²) in [7, 11) is 1.60. The van der Waals surface area contributed by atoms with Gasteiger partial charge in [-0.15, -0.1) is 0 Å². The van der Waals surface area contributed by atoms with Gasteiger partial charge in [0.05, 0.1) is 19.2 Å². The topological polar surface area (TPSA) is 92.0 Å². The molecule has 7 heteroatoms. The van der Waals surface area contributed by atoms with E-state index in [1.165, 1.54) is 6.39 Å². The minimum absolute atomic E-state index is 0.388. The third-order valence-corrected chi connectivity index (χ3v) is 2.70. The third-order valence-electron chi connectivity index (χ3n) is 2.70. The van der Waals surface area contributed by atoms with Crippen LogP contribution in [-0.4, -0.2) is 26.8 Å². The highest BCUT2D eigenvalue weighted by Gasteiger charge is 2.13. The zero-order valence-electron chi connectivity index (χ0n) is 9.70. The van der Waals surface area contributed by atoms with Crippen molar-refractivity contribution in [3.63, 3.8) is 0 Å². The van der Waals surface area contributed by atoms with E-state index in [4.69, 9.17) is 15.0 Å². The predicted octanol–water partition coefficient (Wildman–Crippen LogP) is 1.06. The van der Waals surface area contributed by atoms with Crippen LogP contribution in [0, 0.1) is 0 Å². The molecule has 0 aliphatic heterocycles. The SMILES string of the molecule is COc1cccc2c1nc(N)n2Cc1ncon1. The molecule has 2 aromatic heterocycles. The van der Waals surface area contributed by atoms with Crippen molar-refractivity contribution in [3.05, 3.63) is 30.4 Å². The van der Waals surface area contributed by atoms with E-state index in [1.807, 2.05) is 22.8 Å². The molecular weight excluding hydrogens is 234 g/mol. The first-order valence-corrected chi connectivity index (χ1v) is 5.33. The summed E-state index contributed by atoms with van der Waals surface area (Å²) in [6.45, 7) is 0.409. The number of imidazole rings is 1. The van der Waals surface area contributed by atoms with Crippen LogP contribution in [-0.2, 0) is 6.54 Å². The number of nitrogens with zero attached hydrogens (tertiary/aromatic N) is 4. The smallest absolute Gasteiger partial charge is 0.213 e. The van der Waals surface area contributed by atoms with Crippen LogP contribution in [0.1, 0.15) is 5.82 Å². The molecule has 3 aromatic rings. The summed E-state index contributed by atoms with van der Waals surface area (Å²) in [5.74, 6) is 1.62. The van der Waals surface area contributed by atoms with Gasteiger partial charge in [-0.3, -0.25) is 0 Å². The number of nitrogen functional groups attached to an aromatic ring is 1. The number of hydrogen-bond acceptors (Lipinski definition) is 6. The molecule has 0 unspecified atom stereocenters. The Morgan fingerprint density at radius 1 is 1.44 bits per heavy atom. The van der Waals surface area contributed by atoms with Crippen LogP contribution in [0.5, 0.6) is 5.75 Å². The number of nitrogens with two attached hydrogens (primary N) is 1. The number of aromatic nitrogens is 4. The minimum Gasteiger partial charge on any atom is -0.494 e. The standard InChI is InChI=1S/C11H11N5O2/c1-17-8-4-2-3-7-10(8)14-11(12)16(7)5-9-13-6-18-15-9/h2-4,6H,5H2,1H3,(H2,12,14). The quantitative estimate of drug-likeness (QED) is 0.741. The Kier molecular flexibility index (Phi) is 2.36. The Bertz CT molecular complexity index is 674. The van der Waals surface area contributed by atoms with E-state index in [0.29, 0.717) is 24.1 Å². The lowest BCUT2D eigenvalue weighted by Crippen LogP contribution is -2.05. The van der Waals surface area contributed by atoms with Crippen molar-refractivity contribution in [2.45, 2.75) is 6.54 Å². The number of benzene rings is 1. The van der Waals surface area contributed by atoms with Crippen molar-refractivity contribution < 1.29 is 9.26 Å². The van der Waals surface area contributed by atoms with Gasteiger partial charge in [0.15, 0.2) is 5.82 Å². The Balaban J connectivity index is 2.14. The molecule has 7 nitrogen and oxygen atoms in total. The molecule has 0 saturated heterocycles. The first-order chi connectivity index (χ1) is 8.79. The Morgan fingerprint density at radius 3 is 3.06 bits per heavy atom. The van der Waals surface area contributed by atoms with Gasteiger partial charge in [0, 0.05) is 0 Å². The second-order valence-corrected chi connectivity index (χ2v) is 3.73. The first kappa shape index (κ1) is 10.6. The number of anilines is 1. The van der Waals surface area contributed by atoms with Gasteiger partial charge in [0.1, 0.15) is 11.3 Å². The molecule has 0 aliphatic rings. The maximum atomic E-state index is 5.90. The van der Waals surface area contributed by atoms with Crippen molar-refractivity contribution in [2.24, 2.45) is 0 Å². The molecule has 0 atom stereocenters. The molecule has 0 bridgehead atoms. The molecule has 0 fully saturated rings. The van der Waals surface area contributed by atoms with Crippen molar-refractivity contribution >= 4 is 17.0 Å². The van der Waals surface area contributed by atoms with Crippen LogP contribution in [0.3, 0.4) is 0 Å². The lowest BCUT2D eigenvalue weighted by atomic mass is 10.3. The molecule has 0 aliphatic carbocycles. The maximum absolute atomic E-state index is 5.90. The first-order valence-electron chi connectivity index (χ1n) is 5.33. The van der Waals surface area contributed by atoms with Gasteiger partial charge in [0.2, 0.25) is 12.3 Å². The van der Waals surface area contributed by atoms with Gasteiger partial charge in [-0.05, 0) is 12.1 Å². The highest BCUT2D eigenvalue weighted by molar-refractivity contribution is 5.84. The molecule has 0 amide bonds. The van der Waals surface area contributed by atoms with E-state index in [9.17, 15) is 0 Å². The fraction of sp³-hybridized carbons (Fsp3) is 0.182. The van der Waals surface area contributed by atoms with Crippen LogP contribution >= 0.6 is 0 Å². The molecular formula is C11H11N5O2. The van der Waals surface area contributed by atoms with E-state index in [1.54, 1.807) is 7.11 Å². The lowest BCUT2D eigenvalue weighted by molar-refractivity contribution is 0.408. The summed E-state index contributed by atoms with van der Waals surface area (Å²) >= 11 is 0. The zero-order valence-corrected chi connectivity index (χ0v) is 9.70. The largest absolute Gasteiger partial charge is 0.494 e. The van der Waals surface area contributed by atoms with Crippen LogP contribution in [0.2, 0.25) is 0 Å². The number of fused-ring (bicyclic) bond motifs is 1. The highest BCUT2D eigenvalue weighted by atomic mass is 16.5. The number of para-hydroxylation sites is 1. The number of hydrogen-bond donors (Lipinski definition) is 1. The highest BCUT2D eigenvalue weighted by Crippen LogP contribution is 2.26. The van der Waals surface area contributed by atoms with E-state index in [2.05, 4.69) is 15.1 Å². The van der Waals surface area contributed by atoms with Crippen molar-refractivity contribution in [1.82, 2.24) is 19.7 Å². The second-order valence-electron chi connectivity index (χ2n) is 3.73. The van der Waals surface area contributed by atoms with E-state index in [-0.39, 0.29) is 0 Å². The fourth-order valence-electron chi connectivity index (χ4n) is 1.87. The summed E-state index contributed by atoms with van der Waals surface area (Å²) in [6.07, 6.45) is 1.28. The van der Waals surface area contributed by atoms with E-state index < -0.39 is 0 Å². The van der Waals surface area contributed by atoms with Gasteiger partial charge in [-0.2, -0.15) is 4.98 Å². The minimum atomic E-state index is 0.388. The Labute approximate surface area is 102 Å². The van der Waals surface area contributed by atoms with Crippen LogP contribution < -0.4 is 10.5 Å². The van der Waals surface area contributed by atoms with Crippen LogP contribution in [0.25, 0.3) is 11.0 Å². The molecule has 2 N–H and O–H groups in total. The third kappa shape index (κ3) is 1.56. The number of methoxy groups -OCH3 is 1. The average Bonchev–Trinajstić information content (AvgIpc) is 2.99. The monoisotopic (exact) mass is 245 g/mol. The Hall–Kier alpha value is -2.57. The van der Waals surface area contributed by atoms with Gasteiger partial charge in [-0.25, -0.2) is 4.98 Å². The van der Waals surface area contributed by atoms with E-state index in [0.717, 1.165) is 11.0 Å². The molecule has 0 radical (unpaired) electrons. The van der Waals surface area contributed by atoms with E-state index >= 15 is 0 Å². The molecule has 0 spiro atoms. The second kappa shape index (κ2) is 4.02. The summed E-state index contributed by atoms with van der Waals surface area (Å²) in [5, 5.41) is 3.76. The number of rotatable bonds is 3. The number of ether oxygens (including phenoxy) is 1. The van der Waals surface area contributed by atoms with Crippen molar-refractivity contribution in [2.75, 3.05) is 12.8 Å². The van der Waals surface area contributed by atoms with Crippen molar-refractivity contribution in [3.8, 4) is 5.75 Å². The normalized spacial score (nSPS) is 10.9. The van der Waals surface area contributed by atoms with Gasteiger partial charge in [-0.1, -0.05) is 11.2 Å². The van der Waals surface area contributed by atoms with Crippen LogP contribution in [0.4, 0.5) is 5.95 Å². The maximum Gasteiger partial charge on any atom is 0.213 e. The van der Waals surface area contributed by atoms with Gasteiger partial charge < -0.3 is 19.6 Å². The molecule has 0 saturated carbocycles. The summed E-state index contributed by atoms with van der Waals surface area (Å²) in [5.41, 5.74) is 7.50. The fourth-order valence-corrected chi connectivity index (χ4v) is 1.87. The molecule has 92 valence electrons. The predicted molar refractivity (Wildman–Crippen MR) is 64.1 cm³/mol. The van der Waals surface area contributed by atoms with Gasteiger partial charge >= 0.3 is 0 Å². The molecule has 18 heavy (non-hydrogen) atoms. The zero-order chi connectivity index (χ0) is 12.5. The average molecular weight is 245 g/mol. The molecule has 2 heterocycles.